The van der Waals surface area contributed by atoms with Crippen LogP contribution in [0.5, 0.6) is 11.5 Å². The van der Waals surface area contributed by atoms with Gasteiger partial charge in [0, 0.05) is 62.5 Å². The zero-order valence-electron chi connectivity index (χ0n) is 40.6. The number of nitrogens with zero attached hydrogens (tertiary/aromatic N) is 2. The van der Waals surface area contributed by atoms with Gasteiger partial charge in [-0.3, -0.25) is 18.7 Å². The molecule has 0 spiro atoms. The molecule has 348 valence electrons. The molecule has 2 aliphatic heterocycles. The topological polar surface area (TPSA) is 168 Å². The number of carbonyl (C=O) groups is 2. The summed E-state index contributed by atoms with van der Waals surface area (Å²) < 4.78 is 95.5. The van der Waals surface area contributed by atoms with E-state index in [-0.39, 0.29) is 33.4 Å². The minimum Gasteiger partial charge on any atom is -0.489 e. The van der Waals surface area contributed by atoms with Gasteiger partial charge in [-0.1, -0.05) is 108 Å². The number of benzene rings is 6. The van der Waals surface area contributed by atoms with Crippen molar-refractivity contribution in [3.63, 3.8) is 0 Å². The number of fused-ring (bicyclic) bond motifs is 2. The van der Waals surface area contributed by atoms with Crippen molar-refractivity contribution >= 4 is 43.2 Å². The fourth-order valence-corrected chi connectivity index (χ4v) is 7.69. The van der Waals surface area contributed by atoms with E-state index in [0.29, 0.717) is 50.1 Å². The number of ether oxygens (including phenoxy) is 2. The lowest BCUT2D eigenvalue weighted by Crippen LogP contribution is -2.23. The van der Waals surface area contributed by atoms with Crippen LogP contribution in [0.4, 0.5) is 11.4 Å². The highest BCUT2D eigenvalue weighted by atomic mass is 32.2. The first-order valence-electron chi connectivity index (χ1n) is 22.9. The molecule has 0 radical (unpaired) electrons. The van der Waals surface area contributed by atoms with Gasteiger partial charge in [0.15, 0.2) is 0 Å². The van der Waals surface area contributed by atoms with Crippen LogP contribution < -0.4 is 19.3 Å². The lowest BCUT2D eigenvalue weighted by atomic mass is 10.1. The molecule has 0 saturated carbocycles. The summed E-state index contributed by atoms with van der Waals surface area (Å²) >= 11 is 0. The quantitative estimate of drug-likeness (QED) is 0.0994. The van der Waals surface area contributed by atoms with Gasteiger partial charge in [0.25, 0.3) is 20.2 Å². The molecule has 2 N–H and O–H groups in total. The third kappa shape index (κ3) is 16.6. The SMILES string of the molecule is Cc1ccc(S(=O)(=O)O)cc1.Cc1ccc(S(=O)(=O)O)cc1.[2H]c1cc2c(c([2H])c1OCc1ccccc1)N(CCC(C)=O)CC2.[2H]c1cc2c(cc1OCc1ccccc1)N(CCC(C)=O)CC2. The summed E-state index contributed by atoms with van der Waals surface area (Å²) in [6.07, 6.45) is 2.77. The van der Waals surface area contributed by atoms with Crippen LogP contribution >= 0.6 is 0 Å². The van der Waals surface area contributed by atoms with Crippen LogP contribution in [0.2, 0.25) is 0 Å². The number of hydrogen-bond acceptors (Lipinski definition) is 10. The lowest BCUT2D eigenvalue weighted by Gasteiger charge is -2.19. The molecule has 14 heteroatoms. The van der Waals surface area contributed by atoms with Gasteiger partial charge in [-0.25, -0.2) is 0 Å². The Labute approximate surface area is 393 Å². The molecule has 0 aliphatic carbocycles. The van der Waals surface area contributed by atoms with E-state index >= 15 is 0 Å². The highest BCUT2D eigenvalue weighted by molar-refractivity contribution is 7.86. The number of carbonyl (C=O) groups excluding carboxylic acids is 2. The summed E-state index contributed by atoms with van der Waals surface area (Å²) in [6.45, 7) is 10.7. The number of anilines is 2. The van der Waals surface area contributed by atoms with Crippen molar-refractivity contribution in [3.8, 4) is 11.5 Å². The van der Waals surface area contributed by atoms with Crippen molar-refractivity contribution < 1.29 is 49.1 Å². The number of aryl methyl sites for hydroxylation is 2. The Kier molecular flexibility index (Phi) is 17.0. The van der Waals surface area contributed by atoms with E-state index in [1.807, 2.05) is 86.6 Å². The van der Waals surface area contributed by atoms with Crippen LogP contribution in [0.15, 0.2) is 155 Å². The molecule has 12 nitrogen and oxygen atoms in total. The molecule has 8 rings (SSSR count). The predicted octanol–water partition coefficient (Wildman–Crippen LogP) is 9.70. The maximum Gasteiger partial charge on any atom is 0.294 e. The second-order valence-corrected chi connectivity index (χ2v) is 18.7. The standard InChI is InChI=1S/2C19H21NO2.2C7H8O3S/c2*1-15(21)9-11-20-12-10-17-7-8-18(13-19(17)20)22-14-16-5-3-2-4-6-16;2*1-6-2-4-7(5-3-6)11(8,9)10/h2*2-8,13H,9-12,14H2,1H3;2*2-5H,1H3,(H,8,9,10)/i8D,13D;8D;;. The van der Waals surface area contributed by atoms with Gasteiger partial charge in [0.1, 0.15) is 36.3 Å². The number of hydrogen-bond donors (Lipinski definition) is 2. The van der Waals surface area contributed by atoms with Crippen molar-refractivity contribution in [2.75, 3.05) is 36.0 Å². The predicted molar refractivity (Wildman–Crippen MR) is 259 cm³/mol. The summed E-state index contributed by atoms with van der Waals surface area (Å²) in [4.78, 5) is 26.6. The summed E-state index contributed by atoms with van der Waals surface area (Å²) in [6, 6.07) is 38.2. The van der Waals surface area contributed by atoms with E-state index < -0.39 is 20.2 Å². The Morgan fingerprint density at radius 3 is 1.39 bits per heavy atom. The third-order valence-electron chi connectivity index (χ3n) is 10.4. The maximum atomic E-state index is 11.2. The van der Waals surface area contributed by atoms with Crippen LogP contribution in [-0.4, -0.2) is 63.7 Å². The van der Waals surface area contributed by atoms with E-state index in [2.05, 4.69) is 9.80 Å². The number of rotatable bonds is 14. The first-order valence-corrected chi connectivity index (χ1v) is 24.2. The lowest BCUT2D eigenvalue weighted by molar-refractivity contribution is -0.117. The van der Waals surface area contributed by atoms with Gasteiger partial charge >= 0.3 is 0 Å². The first-order chi connectivity index (χ1) is 32.7. The van der Waals surface area contributed by atoms with Gasteiger partial charge in [-0.15, -0.1) is 0 Å². The average Bonchev–Trinajstić information content (AvgIpc) is 3.90. The van der Waals surface area contributed by atoms with Crippen molar-refractivity contribution in [1.29, 1.82) is 0 Å². The van der Waals surface area contributed by atoms with E-state index in [1.54, 1.807) is 44.2 Å². The molecule has 6 aromatic rings. The maximum absolute atomic E-state index is 11.2. The van der Waals surface area contributed by atoms with Crippen LogP contribution in [0.25, 0.3) is 0 Å². The molecule has 0 atom stereocenters. The van der Waals surface area contributed by atoms with E-state index in [4.69, 9.17) is 22.7 Å². The smallest absolute Gasteiger partial charge is 0.294 e. The fourth-order valence-electron chi connectivity index (χ4n) is 6.73. The van der Waals surface area contributed by atoms with Crippen LogP contribution in [-0.2, 0) is 55.9 Å². The molecule has 0 aromatic heterocycles. The Balaban J connectivity index is 0.000000183. The van der Waals surface area contributed by atoms with Crippen LogP contribution in [0, 0.1) is 13.8 Å². The van der Waals surface area contributed by atoms with E-state index in [9.17, 15) is 26.4 Å². The van der Waals surface area contributed by atoms with Crippen LogP contribution in [0.1, 0.15) is 64.2 Å². The minimum atomic E-state index is -4.02. The van der Waals surface area contributed by atoms with Crippen molar-refractivity contribution in [1.82, 2.24) is 0 Å². The highest BCUT2D eigenvalue weighted by Gasteiger charge is 2.21. The minimum absolute atomic E-state index is 0.0666. The Morgan fingerprint density at radius 1 is 0.576 bits per heavy atom. The van der Waals surface area contributed by atoms with Crippen LogP contribution in [0.3, 0.4) is 0 Å². The second-order valence-electron chi connectivity index (χ2n) is 15.8. The summed E-state index contributed by atoms with van der Waals surface area (Å²) in [5.74, 6) is 1.26. The van der Waals surface area contributed by atoms with Gasteiger partial charge in [-0.05, 0) is 99.1 Å². The summed E-state index contributed by atoms with van der Waals surface area (Å²) in [7, 11) is -8.04. The zero-order valence-corrected chi connectivity index (χ0v) is 39.2. The van der Waals surface area contributed by atoms with Gasteiger partial charge < -0.3 is 19.3 Å². The Morgan fingerprint density at radius 2 is 0.970 bits per heavy atom. The number of ketones is 2. The molecule has 0 unspecified atom stereocenters. The molecule has 0 bridgehead atoms. The largest absolute Gasteiger partial charge is 0.489 e. The molecule has 0 saturated heterocycles. The van der Waals surface area contributed by atoms with Gasteiger partial charge in [0.05, 0.1) is 13.9 Å². The summed E-state index contributed by atoms with van der Waals surface area (Å²) in [5.41, 5.74) is 8.09. The summed E-state index contributed by atoms with van der Waals surface area (Å²) in [5, 5.41) is 0. The highest BCUT2D eigenvalue weighted by Crippen LogP contribution is 2.33. The molecule has 0 amide bonds. The molecule has 6 aromatic carbocycles. The Hall–Kier alpha value is -6.32. The fraction of sp³-hybridized carbons (Fsp3) is 0.269. The third-order valence-corrected chi connectivity index (χ3v) is 12.2. The molecule has 2 heterocycles. The Bertz CT molecular complexity index is 2830. The second kappa shape index (κ2) is 24.3. The normalized spacial score (nSPS) is 13.2. The van der Waals surface area contributed by atoms with Crippen molar-refractivity contribution in [3.05, 3.63) is 179 Å². The van der Waals surface area contributed by atoms with Crippen molar-refractivity contribution in [2.45, 2.75) is 76.4 Å². The molecule has 2 aliphatic rings. The number of Topliss-reactive ketones (excluding diaryl/α,β-unsaturated/α-hetero) is 2. The molecule has 66 heavy (non-hydrogen) atoms. The van der Waals surface area contributed by atoms with Gasteiger partial charge in [0.2, 0.25) is 0 Å². The molecular formula is C52H58N2O10S2. The van der Waals surface area contributed by atoms with Gasteiger partial charge in [-0.2, -0.15) is 16.8 Å². The van der Waals surface area contributed by atoms with E-state index in [1.165, 1.54) is 29.8 Å². The average molecular weight is 938 g/mol. The zero-order chi connectivity index (χ0) is 50.3. The molecule has 0 fully saturated rings. The monoisotopic (exact) mass is 937 g/mol. The first kappa shape index (κ1) is 46.2. The molecular weight excluding hydrogens is 877 g/mol. The van der Waals surface area contributed by atoms with E-state index in [0.717, 1.165) is 71.7 Å². The van der Waals surface area contributed by atoms with Crippen molar-refractivity contribution in [2.24, 2.45) is 0 Å².